The van der Waals surface area contributed by atoms with Gasteiger partial charge in [-0.1, -0.05) is 49.6 Å². The molecule has 2 fully saturated rings. The molecular formula is C27H24N4O3. The van der Waals surface area contributed by atoms with Gasteiger partial charge in [-0.3, -0.25) is 19.8 Å². The number of benzene rings is 2. The normalized spacial score (nSPS) is 18.4. The molecule has 1 aromatic heterocycles. The number of urea groups is 1. The lowest BCUT2D eigenvalue weighted by Crippen LogP contribution is -2.58. The highest BCUT2D eigenvalue weighted by atomic mass is 16.2. The summed E-state index contributed by atoms with van der Waals surface area (Å²) in [5.74, 6) is -1.18. The number of hydrogen-bond donors (Lipinski definition) is 1. The van der Waals surface area contributed by atoms with Crippen LogP contribution < -0.4 is 5.32 Å². The van der Waals surface area contributed by atoms with E-state index in [1.54, 1.807) is 18.2 Å². The van der Waals surface area contributed by atoms with E-state index < -0.39 is 17.8 Å². The Kier molecular flexibility index (Phi) is 5.72. The molecule has 4 amide bonds. The number of rotatable bonds is 4. The second-order valence-corrected chi connectivity index (χ2v) is 8.82. The van der Waals surface area contributed by atoms with Crippen LogP contribution in [0.1, 0.15) is 48.8 Å². The highest BCUT2D eigenvalue weighted by molar-refractivity contribution is 6.31. The molecule has 1 aliphatic carbocycles. The zero-order valence-electron chi connectivity index (χ0n) is 18.7. The van der Waals surface area contributed by atoms with Crippen LogP contribution in [0.5, 0.6) is 0 Å². The summed E-state index contributed by atoms with van der Waals surface area (Å²) in [5, 5.41) is 12.3. The molecule has 1 N–H and O–H groups in total. The number of nitriles is 1. The quantitative estimate of drug-likeness (QED) is 0.470. The van der Waals surface area contributed by atoms with Crippen LogP contribution in [-0.2, 0) is 16.1 Å². The van der Waals surface area contributed by atoms with Crippen molar-refractivity contribution in [2.24, 2.45) is 0 Å². The zero-order chi connectivity index (χ0) is 23.7. The molecule has 0 spiro atoms. The van der Waals surface area contributed by atoms with Crippen LogP contribution in [0.15, 0.2) is 60.3 Å². The van der Waals surface area contributed by atoms with Gasteiger partial charge in [0.05, 0.1) is 11.6 Å². The zero-order valence-corrected chi connectivity index (χ0v) is 18.7. The fourth-order valence-corrected chi connectivity index (χ4v) is 4.90. The predicted molar refractivity (Wildman–Crippen MR) is 127 cm³/mol. The average Bonchev–Trinajstić information content (AvgIpc) is 3.20. The van der Waals surface area contributed by atoms with Crippen molar-refractivity contribution in [2.45, 2.75) is 44.7 Å². The van der Waals surface area contributed by atoms with Crippen LogP contribution in [0.4, 0.5) is 4.79 Å². The van der Waals surface area contributed by atoms with Crippen molar-refractivity contribution in [3.8, 4) is 6.07 Å². The van der Waals surface area contributed by atoms with E-state index in [2.05, 4.69) is 16.0 Å². The van der Waals surface area contributed by atoms with Crippen molar-refractivity contribution >= 4 is 34.8 Å². The van der Waals surface area contributed by atoms with Crippen LogP contribution in [0.25, 0.3) is 17.0 Å². The van der Waals surface area contributed by atoms with Crippen molar-refractivity contribution in [2.75, 3.05) is 0 Å². The molecule has 1 aliphatic heterocycles. The molecule has 7 heteroatoms. The topological polar surface area (TPSA) is 95.2 Å². The maximum atomic E-state index is 13.3. The fraction of sp³-hybridized carbons (Fsp3) is 0.259. The number of nitrogens with zero attached hydrogens (tertiary/aromatic N) is 3. The smallest absolute Gasteiger partial charge is 0.331 e. The molecule has 7 nitrogen and oxygen atoms in total. The number of carbonyl (C=O) groups is 3. The van der Waals surface area contributed by atoms with Gasteiger partial charge in [-0.2, -0.15) is 5.26 Å². The second-order valence-electron chi connectivity index (χ2n) is 8.82. The predicted octanol–water partition coefficient (Wildman–Crippen LogP) is 4.36. The second kappa shape index (κ2) is 8.99. The molecule has 2 heterocycles. The van der Waals surface area contributed by atoms with Gasteiger partial charge >= 0.3 is 6.03 Å². The third kappa shape index (κ3) is 3.99. The Morgan fingerprint density at radius 3 is 2.47 bits per heavy atom. The minimum absolute atomic E-state index is 0.0218. The SMILES string of the molecule is N#Cc1ccc(Cn2cc(/C=C3\C(=O)NC(=O)N(C4CCCCC4)C3=O)c3ccccc32)cc1. The summed E-state index contributed by atoms with van der Waals surface area (Å²) < 4.78 is 2.05. The summed E-state index contributed by atoms with van der Waals surface area (Å²) in [6.07, 6.45) is 8.08. The molecular weight excluding hydrogens is 428 g/mol. The van der Waals surface area contributed by atoms with Crippen molar-refractivity contribution < 1.29 is 14.4 Å². The maximum absolute atomic E-state index is 13.3. The van der Waals surface area contributed by atoms with E-state index in [1.165, 1.54) is 4.90 Å². The lowest BCUT2D eigenvalue weighted by Gasteiger charge is -2.35. The van der Waals surface area contributed by atoms with Crippen LogP contribution in [0.3, 0.4) is 0 Å². The Labute approximate surface area is 197 Å². The van der Waals surface area contributed by atoms with Gasteiger partial charge in [0.2, 0.25) is 0 Å². The fourth-order valence-electron chi connectivity index (χ4n) is 4.90. The first kappa shape index (κ1) is 21.7. The Balaban J connectivity index is 1.51. The van der Waals surface area contributed by atoms with Gasteiger partial charge in [0, 0.05) is 35.2 Å². The molecule has 170 valence electrons. The molecule has 0 radical (unpaired) electrons. The van der Waals surface area contributed by atoms with Gasteiger partial charge < -0.3 is 4.57 Å². The molecule has 0 atom stereocenters. The van der Waals surface area contributed by atoms with Gasteiger partial charge in [-0.25, -0.2) is 4.79 Å². The monoisotopic (exact) mass is 452 g/mol. The van der Waals surface area contributed by atoms with Crippen molar-refractivity contribution in [3.63, 3.8) is 0 Å². The van der Waals surface area contributed by atoms with Crippen LogP contribution in [0, 0.1) is 11.3 Å². The molecule has 5 rings (SSSR count). The highest BCUT2D eigenvalue weighted by Crippen LogP contribution is 2.29. The van der Waals surface area contributed by atoms with E-state index in [1.807, 2.05) is 42.6 Å². The summed E-state index contributed by atoms with van der Waals surface area (Å²) in [5.41, 5.74) is 3.31. The van der Waals surface area contributed by atoms with Gasteiger partial charge in [0.15, 0.2) is 0 Å². The Morgan fingerprint density at radius 1 is 1.00 bits per heavy atom. The number of amides is 4. The number of aromatic nitrogens is 1. The summed E-state index contributed by atoms with van der Waals surface area (Å²) in [6.45, 7) is 0.572. The lowest BCUT2D eigenvalue weighted by atomic mass is 9.93. The molecule has 2 aliphatic rings. The molecule has 3 aromatic rings. The molecule has 2 aromatic carbocycles. The van der Waals surface area contributed by atoms with E-state index >= 15 is 0 Å². The Bertz CT molecular complexity index is 1350. The first-order valence-electron chi connectivity index (χ1n) is 11.5. The van der Waals surface area contributed by atoms with Gasteiger partial charge in [-0.15, -0.1) is 0 Å². The number of hydrogen-bond acceptors (Lipinski definition) is 4. The van der Waals surface area contributed by atoms with Gasteiger partial charge in [0.25, 0.3) is 11.8 Å². The van der Waals surface area contributed by atoms with E-state index in [0.29, 0.717) is 12.1 Å². The number of para-hydroxylation sites is 1. The van der Waals surface area contributed by atoms with Gasteiger partial charge in [-0.05, 0) is 42.7 Å². The number of imide groups is 2. The van der Waals surface area contributed by atoms with E-state index in [9.17, 15) is 14.4 Å². The van der Waals surface area contributed by atoms with Crippen LogP contribution in [0.2, 0.25) is 0 Å². The third-order valence-electron chi connectivity index (χ3n) is 6.63. The van der Waals surface area contributed by atoms with Crippen molar-refractivity contribution in [1.82, 2.24) is 14.8 Å². The first-order valence-corrected chi connectivity index (χ1v) is 11.5. The molecule has 0 unspecified atom stereocenters. The minimum atomic E-state index is -0.661. The minimum Gasteiger partial charge on any atom is -0.342 e. The number of carbonyl (C=O) groups excluding carboxylic acids is 3. The average molecular weight is 453 g/mol. The number of nitrogens with one attached hydrogen (secondary N) is 1. The molecule has 1 saturated heterocycles. The third-order valence-corrected chi connectivity index (χ3v) is 6.63. The molecule has 0 bridgehead atoms. The standard InChI is InChI=1S/C27H24N4O3/c28-15-18-10-12-19(13-11-18)16-30-17-20(22-8-4-5-9-24(22)30)14-23-25(32)29-27(34)31(26(23)33)21-6-2-1-3-7-21/h4-5,8-14,17,21H,1-3,6-7,16H2,(H,29,32,34)/b23-14+. The first-order chi connectivity index (χ1) is 16.5. The van der Waals surface area contributed by atoms with Gasteiger partial charge in [0.1, 0.15) is 5.57 Å². The van der Waals surface area contributed by atoms with Crippen LogP contribution >= 0.6 is 0 Å². The lowest BCUT2D eigenvalue weighted by molar-refractivity contribution is -0.132. The summed E-state index contributed by atoms with van der Waals surface area (Å²) >= 11 is 0. The van der Waals surface area contributed by atoms with Crippen LogP contribution in [-0.4, -0.2) is 33.4 Å². The van der Waals surface area contributed by atoms with E-state index in [0.717, 1.165) is 54.1 Å². The van der Waals surface area contributed by atoms with E-state index in [4.69, 9.17) is 5.26 Å². The van der Waals surface area contributed by atoms with E-state index in [-0.39, 0.29) is 11.6 Å². The van der Waals surface area contributed by atoms with Crippen molar-refractivity contribution in [1.29, 1.82) is 5.26 Å². The summed E-state index contributed by atoms with van der Waals surface area (Å²) in [6, 6.07) is 16.5. The van der Waals surface area contributed by atoms with Crippen molar-refractivity contribution in [3.05, 3.63) is 77.0 Å². The Morgan fingerprint density at radius 2 is 1.74 bits per heavy atom. The summed E-state index contributed by atoms with van der Waals surface area (Å²) in [7, 11) is 0. The number of fused-ring (bicyclic) bond motifs is 1. The largest absolute Gasteiger partial charge is 0.342 e. The molecule has 1 saturated carbocycles. The summed E-state index contributed by atoms with van der Waals surface area (Å²) in [4.78, 5) is 39.7. The molecule has 34 heavy (non-hydrogen) atoms. The Hall–Kier alpha value is -4.18. The maximum Gasteiger partial charge on any atom is 0.331 e. The number of barbiturate groups is 1. The highest BCUT2D eigenvalue weighted by Gasteiger charge is 2.40.